The van der Waals surface area contributed by atoms with Gasteiger partial charge >= 0.3 is 0 Å². The number of halogens is 1. The second kappa shape index (κ2) is 5.51. The summed E-state index contributed by atoms with van der Waals surface area (Å²) in [5.74, 6) is -1.48. The van der Waals surface area contributed by atoms with Gasteiger partial charge in [0.25, 0.3) is 11.5 Å². The zero-order chi connectivity index (χ0) is 16.7. The molecule has 3 rings (SSSR count). The molecule has 0 spiro atoms. The summed E-state index contributed by atoms with van der Waals surface area (Å²) < 4.78 is 14.9. The molecule has 0 bridgehead atoms. The summed E-state index contributed by atoms with van der Waals surface area (Å²) in [7, 11) is 1.54. The first-order valence-electron chi connectivity index (χ1n) is 6.77. The fourth-order valence-corrected chi connectivity index (χ4v) is 3.26. The van der Waals surface area contributed by atoms with Gasteiger partial charge < -0.3 is 15.0 Å². The van der Waals surface area contributed by atoms with Gasteiger partial charge in [-0.05, 0) is 42.1 Å². The van der Waals surface area contributed by atoms with Gasteiger partial charge in [0.05, 0.1) is 10.2 Å². The van der Waals surface area contributed by atoms with Crippen molar-refractivity contribution in [3.8, 4) is 5.75 Å². The molecule has 0 atom stereocenters. The molecular weight excluding hydrogens is 319 g/mol. The minimum Gasteiger partial charge on any atom is -0.505 e. The Bertz CT molecular complexity index is 991. The van der Waals surface area contributed by atoms with Crippen molar-refractivity contribution in [3.63, 3.8) is 0 Å². The number of benzene rings is 1. The summed E-state index contributed by atoms with van der Waals surface area (Å²) in [6.07, 6.45) is 0. The van der Waals surface area contributed by atoms with Crippen molar-refractivity contribution in [2.24, 2.45) is 7.05 Å². The molecule has 2 N–H and O–H groups in total. The third-order valence-electron chi connectivity index (χ3n) is 3.64. The van der Waals surface area contributed by atoms with Crippen LogP contribution >= 0.6 is 11.3 Å². The number of pyridine rings is 1. The molecule has 118 valence electrons. The first-order valence-corrected chi connectivity index (χ1v) is 7.64. The van der Waals surface area contributed by atoms with Crippen LogP contribution in [0.15, 0.2) is 34.4 Å². The first kappa shape index (κ1) is 15.2. The molecule has 5 nitrogen and oxygen atoms in total. The first-order chi connectivity index (χ1) is 10.9. The van der Waals surface area contributed by atoms with Crippen molar-refractivity contribution < 1.29 is 14.3 Å². The van der Waals surface area contributed by atoms with Crippen molar-refractivity contribution in [3.05, 3.63) is 56.9 Å². The van der Waals surface area contributed by atoms with E-state index < -0.39 is 17.3 Å². The van der Waals surface area contributed by atoms with Crippen LogP contribution in [0.4, 0.5) is 10.1 Å². The maximum atomic E-state index is 13.1. The zero-order valence-corrected chi connectivity index (χ0v) is 13.2. The average Bonchev–Trinajstić information content (AvgIpc) is 2.98. The zero-order valence-electron chi connectivity index (χ0n) is 12.4. The van der Waals surface area contributed by atoms with Crippen molar-refractivity contribution in [2.45, 2.75) is 6.92 Å². The fraction of sp³-hybridized carbons (Fsp3) is 0.125. The van der Waals surface area contributed by atoms with E-state index in [9.17, 15) is 19.1 Å². The number of nitrogens with zero attached hydrogens (tertiary/aromatic N) is 1. The van der Waals surface area contributed by atoms with Gasteiger partial charge in [0.2, 0.25) is 0 Å². The molecule has 1 aromatic carbocycles. The molecule has 2 aromatic heterocycles. The molecule has 0 aliphatic carbocycles. The van der Waals surface area contributed by atoms with Crippen LogP contribution in [0.2, 0.25) is 0 Å². The van der Waals surface area contributed by atoms with Crippen LogP contribution in [0.5, 0.6) is 5.75 Å². The molecule has 3 aromatic rings. The predicted octanol–water partition coefficient (Wildman–Crippen LogP) is 3.01. The lowest BCUT2D eigenvalue weighted by Crippen LogP contribution is -2.28. The Morgan fingerprint density at radius 3 is 2.78 bits per heavy atom. The quantitative estimate of drug-likeness (QED) is 0.758. The number of rotatable bonds is 2. The number of amides is 1. The molecule has 0 aliphatic rings. The number of nitrogens with one attached hydrogen (secondary N) is 1. The second-order valence-electron chi connectivity index (χ2n) is 5.14. The molecule has 1 amide bonds. The van der Waals surface area contributed by atoms with Crippen LogP contribution in [-0.2, 0) is 7.05 Å². The number of aromatic nitrogens is 1. The van der Waals surface area contributed by atoms with Crippen LogP contribution in [0.25, 0.3) is 10.2 Å². The van der Waals surface area contributed by atoms with E-state index in [0.717, 1.165) is 0 Å². The lowest BCUT2D eigenvalue weighted by molar-refractivity contribution is 0.102. The molecule has 23 heavy (non-hydrogen) atoms. The van der Waals surface area contributed by atoms with Gasteiger partial charge in [-0.15, -0.1) is 11.3 Å². The highest BCUT2D eigenvalue weighted by molar-refractivity contribution is 7.17. The number of carbonyl (C=O) groups excluding carboxylic acids is 1. The van der Waals surface area contributed by atoms with Gasteiger partial charge in [0, 0.05) is 12.7 Å². The number of hydrogen-bond donors (Lipinski definition) is 2. The summed E-state index contributed by atoms with van der Waals surface area (Å²) in [5, 5.41) is 14.6. The van der Waals surface area contributed by atoms with Crippen LogP contribution < -0.4 is 10.9 Å². The SMILES string of the molecule is Cc1cc(F)ccc1NC(=O)c1c(O)c2sccc2n(C)c1=O. The Morgan fingerprint density at radius 2 is 2.09 bits per heavy atom. The van der Waals surface area contributed by atoms with E-state index in [4.69, 9.17) is 0 Å². The normalized spacial score (nSPS) is 10.9. The minimum atomic E-state index is -0.729. The topological polar surface area (TPSA) is 71.3 Å². The summed E-state index contributed by atoms with van der Waals surface area (Å²) in [6, 6.07) is 5.60. The predicted molar refractivity (Wildman–Crippen MR) is 87.8 cm³/mol. The molecule has 0 aliphatic heterocycles. The Labute approximate surface area is 134 Å². The highest BCUT2D eigenvalue weighted by atomic mass is 32.1. The van der Waals surface area contributed by atoms with Crippen molar-refractivity contribution in [2.75, 3.05) is 5.32 Å². The van der Waals surface area contributed by atoms with E-state index >= 15 is 0 Å². The smallest absolute Gasteiger partial charge is 0.267 e. The second-order valence-corrected chi connectivity index (χ2v) is 6.05. The Balaban J connectivity index is 2.09. The van der Waals surface area contributed by atoms with Gasteiger partial charge in [-0.2, -0.15) is 0 Å². The Morgan fingerprint density at radius 1 is 1.35 bits per heavy atom. The monoisotopic (exact) mass is 332 g/mol. The van der Waals surface area contributed by atoms with Gasteiger partial charge in [-0.1, -0.05) is 0 Å². The van der Waals surface area contributed by atoms with Crippen LogP contribution in [0.3, 0.4) is 0 Å². The number of fused-ring (bicyclic) bond motifs is 1. The van der Waals surface area contributed by atoms with Gasteiger partial charge in [-0.3, -0.25) is 9.59 Å². The van der Waals surface area contributed by atoms with E-state index in [1.165, 1.54) is 41.2 Å². The van der Waals surface area contributed by atoms with Crippen molar-refractivity contribution in [1.82, 2.24) is 4.57 Å². The van der Waals surface area contributed by atoms with Crippen molar-refractivity contribution >= 4 is 33.1 Å². The number of thiophene rings is 1. The molecule has 0 fully saturated rings. The molecule has 2 heterocycles. The summed E-state index contributed by atoms with van der Waals surface area (Å²) in [6.45, 7) is 1.64. The average molecular weight is 332 g/mol. The number of aromatic hydroxyl groups is 1. The Kier molecular flexibility index (Phi) is 3.65. The molecular formula is C16H13FN2O3S. The third kappa shape index (κ3) is 2.49. The molecule has 0 saturated carbocycles. The van der Waals surface area contributed by atoms with E-state index in [2.05, 4.69) is 5.32 Å². The van der Waals surface area contributed by atoms with E-state index in [-0.39, 0.29) is 11.3 Å². The lowest BCUT2D eigenvalue weighted by Gasteiger charge is -2.11. The van der Waals surface area contributed by atoms with Gasteiger partial charge in [-0.25, -0.2) is 4.39 Å². The number of hydrogen-bond acceptors (Lipinski definition) is 4. The summed E-state index contributed by atoms with van der Waals surface area (Å²) in [5.41, 5.74) is 0.542. The van der Waals surface area contributed by atoms with E-state index in [0.29, 0.717) is 21.5 Å². The van der Waals surface area contributed by atoms with Gasteiger partial charge in [0.1, 0.15) is 11.4 Å². The maximum absolute atomic E-state index is 13.1. The standard InChI is InChI=1S/C16H13FN2O3S/c1-8-7-9(17)3-4-10(8)18-15(21)12-13(20)14-11(5-6-23-14)19(2)16(12)22/h3-7,20H,1-2H3,(H,18,21). The summed E-state index contributed by atoms with van der Waals surface area (Å²) >= 11 is 1.24. The Hall–Kier alpha value is -2.67. The number of aryl methyl sites for hydroxylation is 2. The van der Waals surface area contributed by atoms with Crippen LogP contribution in [-0.4, -0.2) is 15.6 Å². The molecule has 0 radical (unpaired) electrons. The van der Waals surface area contributed by atoms with Crippen LogP contribution in [0, 0.1) is 12.7 Å². The third-order valence-corrected chi connectivity index (χ3v) is 4.55. The lowest BCUT2D eigenvalue weighted by atomic mass is 10.1. The summed E-state index contributed by atoms with van der Waals surface area (Å²) in [4.78, 5) is 24.8. The largest absolute Gasteiger partial charge is 0.505 e. The highest BCUT2D eigenvalue weighted by Crippen LogP contribution is 2.31. The maximum Gasteiger partial charge on any atom is 0.267 e. The fourth-order valence-electron chi connectivity index (χ4n) is 2.39. The minimum absolute atomic E-state index is 0.328. The van der Waals surface area contributed by atoms with Gasteiger partial charge in [0.15, 0.2) is 5.75 Å². The van der Waals surface area contributed by atoms with Crippen molar-refractivity contribution in [1.29, 1.82) is 0 Å². The molecule has 0 saturated heterocycles. The number of carbonyl (C=O) groups is 1. The molecule has 7 heteroatoms. The molecule has 0 unspecified atom stereocenters. The van der Waals surface area contributed by atoms with E-state index in [1.54, 1.807) is 18.4 Å². The van der Waals surface area contributed by atoms with Crippen LogP contribution in [0.1, 0.15) is 15.9 Å². The number of anilines is 1. The highest BCUT2D eigenvalue weighted by Gasteiger charge is 2.22. The van der Waals surface area contributed by atoms with E-state index in [1.807, 2.05) is 0 Å².